The fourth-order valence-electron chi connectivity index (χ4n) is 1.96. The van der Waals surface area contributed by atoms with Crippen molar-refractivity contribution in [1.82, 2.24) is 4.57 Å². The number of hydrogen-bond acceptors (Lipinski definition) is 1. The molecular formula is C12H14BrNS. The first kappa shape index (κ1) is 11.1. The molecule has 0 saturated heterocycles. The zero-order chi connectivity index (χ0) is 10.8. The number of aryl methyl sites for hydroxylation is 1. The van der Waals surface area contributed by atoms with Crippen LogP contribution in [0, 0.1) is 0 Å². The molecule has 15 heavy (non-hydrogen) atoms. The van der Waals surface area contributed by atoms with Crippen LogP contribution < -0.4 is 0 Å². The van der Waals surface area contributed by atoms with Crippen molar-refractivity contribution in [2.75, 3.05) is 6.26 Å². The van der Waals surface area contributed by atoms with Crippen molar-refractivity contribution in [3.8, 4) is 0 Å². The lowest BCUT2D eigenvalue weighted by Crippen LogP contribution is -1.99. The molecule has 1 nitrogen and oxygen atoms in total. The monoisotopic (exact) mass is 283 g/mol. The lowest BCUT2D eigenvalue weighted by Gasteiger charge is -2.07. The molecule has 3 heteroatoms. The number of thioether (sulfide) groups is 1. The molecule has 80 valence electrons. The van der Waals surface area contributed by atoms with E-state index in [1.54, 1.807) is 0 Å². The fraction of sp³-hybridized carbons (Fsp3) is 0.333. The van der Waals surface area contributed by atoms with Gasteiger partial charge in [-0.15, -0.1) is 0 Å². The average Bonchev–Trinajstić information content (AvgIpc) is 2.57. The first-order valence-electron chi connectivity index (χ1n) is 5.03. The summed E-state index contributed by atoms with van der Waals surface area (Å²) in [5, 5.41) is 1.33. The van der Waals surface area contributed by atoms with Crippen molar-refractivity contribution in [2.24, 2.45) is 0 Å². The molecule has 0 saturated carbocycles. The molecule has 0 fully saturated rings. The van der Waals surface area contributed by atoms with Crippen LogP contribution in [0.2, 0.25) is 0 Å². The van der Waals surface area contributed by atoms with E-state index in [1.807, 2.05) is 11.8 Å². The highest BCUT2D eigenvalue weighted by molar-refractivity contribution is 9.10. The Labute approximate surface area is 103 Å². The van der Waals surface area contributed by atoms with E-state index in [0.29, 0.717) is 0 Å². The molecule has 0 N–H and O–H groups in total. The minimum Gasteiger partial charge on any atom is -0.343 e. The van der Waals surface area contributed by atoms with Crippen LogP contribution in [-0.2, 0) is 12.3 Å². The Balaban J connectivity index is 2.68. The summed E-state index contributed by atoms with van der Waals surface area (Å²) in [6.07, 6.45) is 2.15. The molecule has 0 unspecified atom stereocenters. The number of hydrogen-bond donors (Lipinski definition) is 0. The topological polar surface area (TPSA) is 4.93 Å². The maximum Gasteiger partial charge on any atom is 0.0627 e. The molecular weight excluding hydrogens is 270 g/mol. The van der Waals surface area contributed by atoms with E-state index in [9.17, 15) is 0 Å². The average molecular weight is 284 g/mol. The summed E-state index contributed by atoms with van der Waals surface area (Å²) in [5.41, 5.74) is 2.73. The quantitative estimate of drug-likeness (QED) is 0.814. The van der Waals surface area contributed by atoms with E-state index in [4.69, 9.17) is 0 Å². The minimum absolute atomic E-state index is 1.03. The van der Waals surface area contributed by atoms with Crippen LogP contribution in [0.1, 0.15) is 12.6 Å². The van der Waals surface area contributed by atoms with Gasteiger partial charge in [0.25, 0.3) is 0 Å². The van der Waals surface area contributed by atoms with E-state index in [1.165, 1.54) is 21.1 Å². The number of rotatable bonds is 3. The number of halogens is 1. The van der Waals surface area contributed by atoms with E-state index >= 15 is 0 Å². The lowest BCUT2D eigenvalue weighted by molar-refractivity contribution is 0.764. The Morgan fingerprint density at radius 2 is 2.20 bits per heavy atom. The zero-order valence-electron chi connectivity index (χ0n) is 8.96. The summed E-state index contributed by atoms with van der Waals surface area (Å²) >= 11 is 5.49. The van der Waals surface area contributed by atoms with E-state index in [0.717, 1.165) is 12.3 Å². The number of nitrogens with zero attached hydrogens (tertiary/aromatic N) is 1. The van der Waals surface area contributed by atoms with Gasteiger partial charge in [0.2, 0.25) is 0 Å². The van der Waals surface area contributed by atoms with Crippen molar-refractivity contribution in [3.05, 3.63) is 34.4 Å². The van der Waals surface area contributed by atoms with Crippen LogP contribution in [0.3, 0.4) is 0 Å². The maximum absolute atomic E-state index is 3.63. The third-order valence-corrected chi connectivity index (χ3v) is 3.79. The second kappa shape index (κ2) is 4.62. The summed E-state index contributed by atoms with van der Waals surface area (Å²) in [5.74, 6) is 1.08. The third kappa shape index (κ3) is 1.95. The second-order valence-corrected chi connectivity index (χ2v) is 5.21. The zero-order valence-corrected chi connectivity index (χ0v) is 11.4. The van der Waals surface area contributed by atoms with Crippen molar-refractivity contribution < 1.29 is 0 Å². The smallest absolute Gasteiger partial charge is 0.0627 e. The normalized spacial score (nSPS) is 11.1. The van der Waals surface area contributed by atoms with Crippen LogP contribution in [0.25, 0.3) is 10.9 Å². The van der Waals surface area contributed by atoms with Gasteiger partial charge in [-0.25, -0.2) is 0 Å². The molecule has 2 rings (SSSR count). The standard InChI is InChI=1S/C12H14BrNS/c1-3-14-10(8-15-2)7-9-5-4-6-11(13)12(9)14/h4-7H,3,8H2,1-2H3. The molecule has 0 bridgehead atoms. The van der Waals surface area contributed by atoms with Crippen LogP contribution >= 0.6 is 27.7 Å². The van der Waals surface area contributed by atoms with Gasteiger partial charge in [0.1, 0.15) is 0 Å². The molecule has 2 aromatic rings. The molecule has 0 aliphatic rings. The molecule has 1 heterocycles. The van der Waals surface area contributed by atoms with Gasteiger partial charge in [0, 0.05) is 27.9 Å². The van der Waals surface area contributed by atoms with Gasteiger partial charge in [-0.1, -0.05) is 12.1 Å². The van der Waals surface area contributed by atoms with Crippen LogP contribution in [0.4, 0.5) is 0 Å². The van der Waals surface area contributed by atoms with Gasteiger partial charge in [-0.3, -0.25) is 0 Å². The second-order valence-electron chi connectivity index (χ2n) is 3.49. The Morgan fingerprint density at radius 3 is 2.87 bits per heavy atom. The van der Waals surface area contributed by atoms with Crippen molar-refractivity contribution >= 4 is 38.6 Å². The van der Waals surface area contributed by atoms with Gasteiger partial charge in [0.15, 0.2) is 0 Å². The van der Waals surface area contributed by atoms with Crippen molar-refractivity contribution in [2.45, 2.75) is 19.2 Å². The van der Waals surface area contributed by atoms with Gasteiger partial charge in [-0.2, -0.15) is 11.8 Å². The molecule has 1 aromatic heterocycles. The Kier molecular flexibility index (Phi) is 3.42. The van der Waals surface area contributed by atoms with Crippen LogP contribution in [0.5, 0.6) is 0 Å². The van der Waals surface area contributed by atoms with Crippen LogP contribution in [0.15, 0.2) is 28.7 Å². The first-order chi connectivity index (χ1) is 7.27. The van der Waals surface area contributed by atoms with Gasteiger partial charge >= 0.3 is 0 Å². The molecule has 0 atom stereocenters. The summed E-state index contributed by atoms with van der Waals surface area (Å²) in [7, 11) is 0. The van der Waals surface area contributed by atoms with Crippen molar-refractivity contribution in [1.29, 1.82) is 0 Å². The number of para-hydroxylation sites is 1. The predicted molar refractivity (Wildman–Crippen MR) is 72.5 cm³/mol. The van der Waals surface area contributed by atoms with Gasteiger partial charge in [0.05, 0.1) is 5.52 Å². The molecule has 0 amide bonds. The lowest BCUT2D eigenvalue weighted by atomic mass is 10.2. The molecule has 1 aromatic carbocycles. The Hall–Kier alpha value is -0.410. The van der Waals surface area contributed by atoms with Crippen LogP contribution in [-0.4, -0.2) is 10.8 Å². The van der Waals surface area contributed by atoms with Crippen molar-refractivity contribution in [3.63, 3.8) is 0 Å². The summed E-state index contributed by atoms with van der Waals surface area (Å²) in [6, 6.07) is 8.67. The highest BCUT2D eigenvalue weighted by atomic mass is 79.9. The molecule has 0 aliphatic heterocycles. The predicted octanol–water partition coefficient (Wildman–Crippen LogP) is 4.29. The largest absolute Gasteiger partial charge is 0.343 e. The number of aromatic nitrogens is 1. The number of fused-ring (bicyclic) bond motifs is 1. The highest BCUT2D eigenvalue weighted by Crippen LogP contribution is 2.28. The summed E-state index contributed by atoms with van der Waals surface area (Å²) in [4.78, 5) is 0. The summed E-state index contributed by atoms with van der Waals surface area (Å²) < 4.78 is 3.57. The van der Waals surface area contributed by atoms with Gasteiger partial charge < -0.3 is 4.57 Å². The molecule has 0 spiro atoms. The van der Waals surface area contributed by atoms with E-state index < -0.39 is 0 Å². The van der Waals surface area contributed by atoms with E-state index in [2.05, 4.69) is 57.9 Å². The third-order valence-electron chi connectivity index (χ3n) is 2.57. The van der Waals surface area contributed by atoms with Gasteiger partial charge in [-0.05, 0) is 41.2 Å². The molecule has 0 aliphatic carbocycles. The molecule has 0 radical (unpaired) electrons. The Bertz CT molecular complexity index is 476. The van der Waals surface area contributed by atoms with E-state index in [-0.39, 0.29) is 0 Å². The summed E-state index contributed by atoms with van der Waals surface area (Å²) in [6.45, 7) is 3.23. The fourth-order valence-corrected chi connectivity index (χ4v) is 3.09. The maximum atomic E-state index is 3.63. The first-order valence-corrected chi connectivity index (χ1v) is 7.22. The highest BCUT2D eigenvalue weighted by Gasteiger charge is 2.08. The number of benzene rings is 1. The Morgan fingerprint density at radius 1 is 1.40 bits per heavy atom. The SMILES string of the molecule is CCn1c(CSC)cc2cccc(Br)c21. The minimum atomic E-state index is 1.03.